The maximum Gasteiger partial charge on any atom is 0.242 e. The van der Waals surface area contributed by atoms with Gasteiger partial charge in [0.25, 0.3) is 0 Å². The van der Waals surface area contributed by atoms with Gasteiger partial charge in [-0.3, -0.25) is 9.36 Å². The van der Waals surface area contributed by atoms with E-state index >= 15 is 0 Å². The van der Waals surface area contributed by atoms with Crippen LogP contribution < -0.4 is 10.6 Å². The maximum absolute atomic E-state index is 12.1. The summed E-state index contributed by atoms with van der Waals surface area (Å²) in [6.07, 6.45) is 3.25. The first-order valence-corrected chi connectivity index (χ1v) is 7.55. The van der Waals surface area contributed by atoms with E-state index in [9.17, 15) is 4.79 Å². The average Bonchev–Trinajstić information content (AvgIpc) is 3.03. The smallest absolute Gasteiger partial charge is 0.242 e. The number of rotatable bonds is 3. The molecule has 0 radical (unpaired) electrons. The monoisotopic (exact) mass is 289 g/mol. The molecule has 3 rings (SSSR count). The van der Waals surface area contributed by atoms with Crippen molar-refractivity contribution in [3.63, 3.8) is 0 Å². The molecule has 1 aliphatic heterocycles. The van der Waals surface area contributed by atoms with Crippen LogP contribution >= 0.6 is 11.8 Å². The number of nitrogens with zero attached hydrogens (tertiary/aromatic N) is 3. The van der Waals surface area contributed by atoms with Crippen LogP contribution in [0.5, 0.6) is 0 Å². The highest BCUT2D eigenvalue weighted by atomic mass is 32.2. The van der Waals surface area contributed by atoms with Gasteiger partial charge in [-0.15, -0.1) is 10.2 Å². The summed E-state index contributed by atoms with van der Waals surface area (Å²) in [5.41, 5.74) is 1.69. The molecule has 1 saturated heterocycles. The Kier molecular flexibility index (Phi) is 3.98. The quantitative estimate of drug-likeness (QED) is 0.879. The molecule has 6 nitrogen and oxygen atoms in total. The Morgan fingerprint density at radius 3 is 3.00 bits per heavy atom. The van der Waals surface area contributed by atoms with E-state index in [0.717, 1.165) is 29.4 Å². The number of thioether (sulfide) groups is 1. The van der Waals surface area contributed by atoms with Crippen LogP contribution in [-0.2, 0) is 4.79 Å². The second kappa shape index (κ2) is 6.06. The number of carbonyl (C=O) groups excluding carboxylic acids is 1. The molecule has 2 N–H and O–H groups in total. The minimum Gasteiger partial charge on any atom is -0.325 e. The molecule has 1 aromatic heterocycles. The summed E-state index contributed by atoms with van der Waals surface area (Å²) in [4.78, 5) is 12.1. The van der Waals surface area contributed by atoms with E-state index in [1.807, 2.05) is 24.3 Å². The molecule has 0 spiro atoms. The molecular formula is C13H15N5OS. The zero-order chi connectivity index (χ0) is 13.8. The first kappa shape index (κ1) is 13.1. The molecule has 1 unspecified atom stereocenters. The molecule has 2 heterocycles. The van der Waals surface area contributed by atoms with Gasteiger partial charge in [0.15, 0.2) is 0 Å². The van der Waals surface area contributed by atoms with E-state index in [4.69, 9.17) is 0 Å². The lowest BCUT2D eigenvalue weighted by Crippen LogP contribution is -2.46. The number of aromatic nitrogens is 3. The molecule has 1 aromatic carbocycles. The molecule has 1 amide bonds. The number of amides is 1. The van der Waals surface area contributed by atoms with E-state index < -0.39 is 0 Å². The standard InChI is InChI=1S/C13H15N5OS/c19-13(12-7-20-5-4-14-12)17-10-2-1-3-11(6-10)18-8-15-16-9-18/h1-3,6,8-9,12,14H,4-5,7H2,(H,17,19). The van der Waals surface area contributed by atoms with Gasteiger partial charge < -0.3 is 10.6 Å². The first-order valence-electron chi connectivity index (χ1n) is 6.40. The highest BCUT2D eigenvalue weighted by Gasteiger charge is 2.20. The van der Waals surface area contributed by atoms with E-state index in [2.05, 4.69) is 20.8 Å². The molecule has 104 valence electrons. The lowest BCUT2D eigenvalue weighted by Gasteiger charge is -2.22. The van der Waals surface area contributed by atoms with Gasteiger partial charge in [0.2, 0.25) is 5.91 Å². The second-order valence-corrected chi connectivity index (χ2v) is 5.64. The van der Waals surface area contributed by atoms with Crippen LogP contribution in [-0.4, -0.2) is 44.8 Å². The van der Waals surface area contributed by atoms with Gasteiger partial charge in [-0.25, -0.2) is 0 Å². The zero-order valence-electron chi connectivity index (χ0n) is 10.8. The molecule has 1 fully saturated rings. The third-order valence-corrected chi connectivity index (χ3v) is 4.13. The van der Waals surface area contributed by atoms with Gasteiger partial charge >= 0.3 is 0 Å². The number of nitrogens with one attached hydrogen (secondary N) is 2. The Hall–Kier alpha value is -1.86. The summed E-state index contributed by atoms with van der Waals surface area (Å²) < 4.78 is 1.80. The van der Waals surface area contributed by atoms with Crippen molar-refractivity contribution < 1.29 is 4.79 Å². The van der Waals surface area contributed by atoms with Crippen LogP contribution in [0.2, 0.25) is 0 Å². The Bertz CT molecular complexity index is 580. The van der Waals surface area contributed by atoms with Crippen molar-refractivity contribution in [1.82, 2.24) is 20.1 Å². The largest absolute Gasteiger partial charge is 0.325 e. The lowest BCUT2D eigenvalue weighted by atomic mass is 10.2. The maximum atomic E-state index is 12.1. The van der Waals surface area contributed by atoms with Gasteiger partial charge in [-0.05, 0) is 18.2 Å². The van der Waals surface area contributed by atoms with E-state index in [0.29, 0.717) is 0 Å². The molecule has 1 aliphatic rings. The van der Waals surface area contributed by atoms with Gasteiger partial charge in [0.05, 0.1) is 11.7 Å². The molecule has 0 aliphatic carbocycles. The summed E-state index contributed by atoms with van der Waals surface area (Å²) in [5, 5.41) is 13.7. The molecule has 1 atom stereocenters. The SMILES string of the molecule is O=C(Nc1cccc(-n2cnnc2)c1)C1CSCCN1. The number of carbonyl (C=O) groups is 1. The Labute approximate surface area is 121 Å². The summed E-state index contributed by atoms with van der Waals surface area (Å²) in [6.45, 7) is 0.878. The summed E-state index contributed by atoms with van der Waals surface area (Å²) in [5.74, 6) is 1.89. The Morgan fingerprint density at radius 1 is 1.40 bits per heavy atom. The van der Waals surface area contributed by atoms with Crippen LogP contribution in [0.15, 0.2) is 36.9 Å². The van der Waals surface area contributed by atoms with Crippen molar-refractivity contribution in [1.29, 1.82) is 0 Å². The topological polar surface area (TPSA) is 71.8 Å². The van der Waals surface area contributed by atoms with Gasteiger partial charge in [0.1, 0.15) is 12.7 Å². The van der Waals surface area contributed by atoms with Crippen LogP contribution in [0, 0.1) is 0 Å². The zero-order valence-corrected chi connectivity index (χ0v) is 11.6. The Morgan fingerprint density at radius 2 is 2.25 bits per heavy atom. The molecule has 0 saturated carbocycles. The number of hydrogen-bond donors (Lipinski definition) is 2. The minimum atomic E-state index is -0.118. The van der Waals surface area contributed by atoms with Crippen molar-refractivity contribution in [2.24, 2.45) is 0 Å². The molecular weight excluding hydrogens is 274 g/mol. The fourth-order valence-corrected chi connectivity index (χ4v) is 2.98. The minimum absolute atomic E-state index is 0.0121. The van der Waals surface area contributed by atoms with Crippen LogP contribution in [0.1, 0.15) is 0 Å². The van der Waals surface area contributed by atoms with Crippen molar-refractivity contribution in [3.8, 4) is 5.69 Å². The third-order valence-electron chi connectivity index (χ3n) is 3.07. The summed E-state index contributed by atoms with van der Waals surface area (Å²) in [7, 11) is 0. The molecule has 20 heavy (non-hydrogen) atoms. The highest BCUT2D eigenvalue weighted by Crippen LogP contribution is 2.15. The number of anilines is 1. The van der Waals surface area contributed by atoms with Crippen molar-refractivity contribution >= 4 is 23.4 Å². The normalized spacial score (nSPS) is 18.7. The first-order chi connectivity index (χ1) is 9.83. The summed E-state index contributed by atoms with van der Waals surface area (Å²) >= 11 is 1.80. The number of hydrogen-bond acceptors (Lipinski definition) is 5. The van der Waals surface area contributed by atoms with E-state index in [1.165, 1.54) is 0 Å². The van der Waals surface area contributed by atoms with Crippen molar-refractivity contribution in [3.05, 3.63) is 36.9 Å². The van der Waals surface area contributed by atoms with Gasteiger partial charge in [0, 0.05) is 23.7 Å². The highest BCUT2D eigenvalue weighted by molar-refractivity contribution is 7.99. The van der Waals surface area contributed by atoms with Crippen molar-refractivity contribution in [2.45, 2.75) is 6.04 Å². The fourth-order valence-electron chi connectivity index (χ4n) is 2.04. The van der Waals surface area contributed by atoms with Crippen LogP contribution in [0.25, 0.3) is 5.69 Å². The number of benzene rings is 1. The molecule has 2 aromatic rings. The lowest BCUT2D eigenvalue weighted by molar-refractivity contribution is -0.117. The summed E-state index contributed by atoms with van der Waals surface area (Å²) in [6, 6.07) is 7.49. The van der Waals surface area contributed by atoms with Gasteiger partial charge in [-0.1, -0.05) is 6.07 Å². The van der Waals surface area contributed by atoms with E-state index in [-0.39, 0.29) is 11.9 Å². The fraction of sp³-hybridized carbons (Fsp3) is 0.308. The average molecular weight is 289 g/mol. The Balaban J connectivity index is 1.71. The predicted molar refractivity (Wildman–Crippen MR) is 79.1 cm³/mol. The van der Waals surface area contributed by atoms with Crippen LogP contribution in [0.3, 0.4) is 0 Å². The second-order valence-electron chi connectivity index (χ2n) is 4.49. The molecule has 7 heteroatoms. The predicted octanol–water partition coefficient (Wildman–Crippen LogP) is 0.911. The van der Waals surface area contributed by atoms with Crippen molar-refractivity contribution in [2.75, 3.05) is 23.4 Å². The van der Waals surface area contributed by atoms with Crippen LogP contribution in [0.4, 0.5) is 5.69 Å². The van der Waals surface area contributed by atoms with E-state index in [1.54, 1.807) is 29.0 Å². The third kappa shape index (κ3) is 3.00. The van der Waals surface area contributed by atoms with Gasteiger partial charge in [-0.2, -0.15) is 11.8 Å². The molecule has 0 bridgehead atoms.